The Balaban J connectivity index is 0.00000261. The highest BCUT2D eigenvalue weighted by Crippen LogP contribution is 2.24. The molecule has 1 aromatic heterocycles. The van der Waals surface area contributed by atoms with E-state index in [1.54, 1.807) is 32.4 Å². The van der Waals surface area contributed by atoms with Crippen LogP contribution in [0.3, 0.4) is 0 Å². The molecular formula is C22H23BrNO3+. The van der Waals surface area contributed by atoms with Crippen molar-refractivity contribution >= 4 is 22.8 Å². The summed E-state index contributed by atoms with van der Waals surface area (Å²) in [6.45, 7) is 0.258. The highest BCUT2D eigenvalue weighted by molar-refractivity contribution is 8.93. The van der Waals surface area contributed by atoms with Crippen molar-refractivity contribution in [2.24, 2.45) is 0 Å². The SMILES string of the molecule is Br.COc1ccc(C(=O)C[n+]2ccc(Cc3ccccc3)cc2)c(OC)c1. The first-order valence-electron chi connectivity index (χ1n) is 8.46. The van der Waals surface area contributed by atoms with Crippen molar-refractivity contribution in [3.8, 4) is 11.5 Å². The van der Waals surface area contributed by atoms with Gasteiger partial charge in [-0.2, -0.15) is 4.57 Å². The summed E-state index contributed by atoms with van der Waals surface area (Å²) in [7, 11) is 3.14. The Kier molecular flexibility index (Phi) is 7.55. The molecule has 0 saturated carbocycles. The number of aromatic nitrogens is 1. The van der Waals surface area contributed by atoms with Crippen LogP contribution in [-0.4, -0.2) is 20.0 Å². The monoisotopic (exact) mass is 428 g/mol. The van der Waals surface area contributed by atoms with Crippen molar-refractivity contribution in [3.05, 3.63) is 89.7 Å². The van der Waals surface area contributed by atoms with Crippen LogP contribution in [-0.2, 0) is 13.0 Å². The molecule has 5 heteroatoms. The largest absolute Gasteiger partial charge is 0.497 e. The van der Waals surface area contributed by atoms with E-state index in [0.29, 0.717) is 17.1 Å². The third kappa shape index (κ3) is 5.41. The number of Topliss-reactive ketones (excluding diaryl/α,β-unsaturated/α-hetero) is 1. The van der Waals surface area contributed by atoms with Crippen molar-refractivity contribution in [2.45, 2.75) is 13.0 Å². The third-order valence-corrected chi connectivity index (χ3v) is 4.25. The topological polar surface area (TPSA) is 39.4 Å². The van der Waals surface area contributed by atoms with Crippen LogP contribution in [0, 0.1) is 0 Å². The van der Waals surface area contributed by atoms with Crippen LogP contribution >= 0.6 is 17.0 Å². The number of methoxy groups -OCH3 is 2. The van der Waals surface area contributed by atoms with E-state index in [1.807, 2.05) is 47.3 Å². The molecule has 0 spiro atoms. The molecular weight excluding hydrogens is 406 g/mol. The van der Waals surface area contributed by atoms with Crippen LogP contribution in [0.15, 0.2) is 73.1 Å². The molecule has 27 heavy (non-hydrogen) atoms. The van der Waals surface area contributed by atoms with Crippen LogP contribution < -0.4 is 14.0 Å². The van der Waals surface area contributed by atoms with E-state index in [0.717, 1.165) is 6.42 Å². The van der Waals surface area contributed by atoms with Gasteiger partial charge in [-0.25, -0.2) is 0 Å². The summed E-state index contributed by atoms with van der Waals surface area (Å²) < 4.78 is 12.4. The third-order valence-electron chi connectivity index (χ3n) is 4.25. The maximum absolute atomic E-state index is 12.6. The lowest BCUT2D eigenvalue weighted by atomic mass is 10.1. The highest BCUT2D eigenvalue weighted by Gasteiger charge is 2.17. The van der Waals surface area contributed by atoms with Crippen LogP contribution in [0.5, 0.6) is 11.5 Å². The first kappa shape index (κ1) is 20.6. The summed E-state index contributed by atoms with van der Waals surface area (Å²) in [6, 6.07) is 19.6. The fourth-order valence-corrected chi connectivity index (χ4v) is 2.82. The normalized spacial score (nSPS) is 10.0. The number of ether oxygens (including phenoxy) is 2. The Hall–Kier alpha value is -2.66. The number of rotatable bonds is 7. The molecule has 0 aliphatic carbocycles. The maximum Gasteiger partial charge on any atom is 0.231 e. The van der Waals surface area contributed by atoms with E-state index >= 15 is 0 Å². The Morgan fingerprint density at radius 2 is 1.56 bits per heavy atom. The van der Waals surface area contributed by atoms with E-state index in [9.17, 15) is 4.79 Å². The predicted octanol–water partition coefficient (Wildman–Crippen LogP) is 4.04. The van der Waals surface area contributed by atoms with Gasteiger partial charge in [-0.3, -0.25) is 4.79 Å². The van der Waals surface area contributed by atoms with E-state index in [2.05, 4.69) is 12.1 Å². The molecule has 0 N–H and O–H groups in total. The van der Waals surface area contributed by atoms with Crippen molar-refractivity contribution < 1.29 is 18.8 Å². The first-order valence-corrected chi connectivity index (χ1v) is 8.46. The van der Waals surface area contributed by atoms with E-state index in [4.69, 9.17) is 9.47 Å². The summed E-state index contributed by atoms with van der Waals surface area (Å²) in [5.74, 6) is 1.18. The summed E-state index contributed by atoms with van der Waals surface area (Å²) in [4.78, 5) is 12.6. The van der Waals surface area contributed by atoms with Crippen LogP contribution in [0.2, 0.25) is 0 Å². The van der Waals surface area contributed by atoms with Gasteiger partial charge < -0.3 is 9.47 Å². The number of benzene rings is 2. The smallest absolute Gasteiger partial charge is 0.231 e. The van der Waals surface area contributed by atoms with Gasteiger partial charge in [0.1, 0.15) is 11.5 Å². The number of nitrogens with zero attached hydrogens (tertiary/aromatic N) is 1. The van der Waals surface area contributed by atoms with Crippen LogP contribution in [0.4, 0.5) is 0 Å². The number of halogens is 1. The van der Waals surface area contributed by atoms with Gasteiger partial charge in [0.2, 0.25) is 12.3 Å². The molecule has 140 valence electrons. The molecule has 2 aromatic carbocycles. The quantitative estimate of drug-likeness (QED) is 0.421. The molecule has 0 radical (unpaired) electrons. The second-order valence-corrected chi connectivity index (χ2v) is 6.03. The number of hydrogen-bond acceptors (Lipinski definition) is 3. The molecule has 0 aliphatic rings. The molecule has 0 amide bonds. The zero-order valence-electron chi connectivity index (χ0n) is 15.4. The lowest BCUT2D eigenvalue weighted by Crippen LogP contribution is -2.37. The fourth-order valence-electron chi connectivity index (χ4n) is 2.82. The van der Waals surface area contributed by atoms with Gasteiger partial charge >= 0.3 is 0 Å². The first-order chi connectivity index (χ1) is 12.7. The fraction of sp³-hybridized carbons (Fsp3) is 0.182. The minimum atomic E-state index is -0.00897. The molecule has 3 aromatic rings. The van der Waals surface area contributed by atoms with Gasteiger partial charge in [0.25, 0.3) is 0 Å². The number of hydrogen-bond donors (Lipinski definition) is 0. The molecule has 0 fully saturated rings. The average Bonchev–Trinajstić information content (AvgIpc) is 2.69. The molecule has 0 unspecified atom stereocenters. The summed E-state index contributed by atoms with van der Waals surface area (Å²) in [6.07, 6.45) is 4.75. The predicted molar refractivity (Wildman–Crippen MR) is 110 cm³/mol. The summed E-state index contributed by atoms with van der Waals surface area (Å²) >= 11 is 0. The Morgan fingerprint density at radius 3 is 2.19 bits per heavy atom. The van der Waals surface area contributed by atoms with Crippen LogP contribution in [0.25, 0.3) is 0 Å². The van der Waals surface area contributed by atoms with E-state index in [1.165, 1.54) is 11.1 Å². The van der Waals surface area contributed by atoms with Gasteiger partial charge in [0.05, 0.1) is 19.8 Å². The summed E-state index contributed by atoms with van der Waals surface area (Å²) in [5, 5.41) is 0. The van der Waals surface area contributed by atoms with Crippen molar-refractivity contribution in [2.75, 3.05) is 14.2 Å². The number of carbonyl (C=O) groups excluding carboxylic acids is 1. The molecule has 0 aliphatic heterocycles. The molecule has 1 heterocycles. The van der Waals surface area contributed by atoms with Gasteiger partial charge in [0.15, 0.2) is 12.4 Å². The number of carbonyl (C=O) groups is 1. The van der Waals surface area contributed by atoms with E-state index in [-0.39, 0.29) is 29.3 Å². The maximum atomic E-state index is 12.6. The number of ketones is 1. The molecule has 3 rings (SSSR count). The van der Waals surface area contributed by atoms with Crippen molar-refractivity contribution in [3.63, 3.8) is 0 Å². The van der Waals surface area contributed by atoms with Gasteiger partial charge in [0, 0.05) is 18.2 Å². The highest BCUT2D eigenvalue weighted by atomic mass is 79.9. The van der Waals surface area contributed by atoms with Crippen LogP contribution in [0.1, 0.15) is 21.5 Å². The molecule has 4 nitrogen and oxygen atoms in total. The second kappa shape index (κ2) is 9.88. The average molecular weight is 429 g/mol. The molecule has 0 bridgehead atoms. The minimum Gasteiger partial charge on any atom is -0.497 e. The van der Waals surface area contributed by atoms with Gasteiger partial charge in [-0.05, 0) is 29.7 Å². The van der Waals surface area contributed by atoms with Crippen molar-refractivity contribution in [1.29, 1.82) is 0 Å². The molecule has 0 saturated heterocycles. The Morgan fingerprint density at radius 1 is 0.889 bits per heavy atom. The molecule has 0 atom stereocenters. The standard InChI is InChI=1S/C22H22NO3.BrH/c1-25-19-8-9-20(22(15-19)26-2)21(24)16-23-12-10-18(11-13-23)14-17-6-4-3-5-7-17;/h3-13,15H,14,16H2,1-2H3;1H/q+1;. The Labute approximate surface area is 170 Å². The lowest BCUT2D eigenvalue weighted by molar-refractivity contribution is -0.683. The zero-order chi connectivity index (χ0) is 18.4. The second-order valence-electron chi connectivity index (χ2n) is 6.03. The number of pyridine rings is 1. The zero-order valence-corrected chi connectivity index (χ0v) is 17.1. The van der Waals surface area contributed by atoms with Crippen molar-refractivity contribution in [1.82, 2.24) is 0 Å². The minimum absolute atomic E-state index is 0. The Bertz CT molecular complexity index is 880. The lowest BCUT2D eigenvalue weighted by Gasteiger charge is -2.08. The van der Waals surface area contributed by atoms with E-state index < -0.39 is 0 Å². The van der Waals surface area contributed by atoms with Gasteiger partial charge in [-0.1, -0.05) is 30.3 Å². The summed E-state index contributed by atoms with van der Waals surface area (Å²) in [5.41, 5.74) is 3.03. The van der Waals surface area contributed by atoms with Gasteiger partial charge in [-0.15, -0.1) is 17.0 Å².